The molecule has 2 aromatic heterocycles. The fourth-order valence-electron chi connectivity index (χ4n) is 1.03. The van der Waals surface area contributed by atoms with Crippen LogP contribution in [0.25, 0.3) is 4.96 Å². The maximum Gasteiger partial charge on any atom is 0.343 e. The Hall–Kier alpha value is -1.76. The van der Waals surface area contributed by atoms with Crippen molar-refractivity contribution in [3.05, 3.63) is 27.1 Å². The van der Waals surface area contributed by atoms with Gasteiger partial charge in [0.2, 0.25) is 4.96 Å². The largest absolute Gasteiger partial charge is 0.477 e. The number of hydrogen-bond donors (Lipinski definition) is 1. The van der Waals surface area contributed by atoms with Crippen LogP contribution in [0.15, 0.2) is 11.0 Å². The van der Waals surface area contributed by atoms with Gasteiger partial charge in [0.1, 0.15) is 10.6 Å². The zero-order valence-corrected chi connectivity index (χ0v) is 7.91. The number of hydrogen-bond acceptors (Lipinski definition) is 5. The molecule has 0 saturated carbocycles. The molecular formula is C7H5N3O3S. The second kappa shape index (κ2) is 2.88. The molecule has 1 N–H and O–H groups in total. The second-order valence-corrected chi connectivity index (χ2v) is 3.76. The minimum Gasteiger partial charge on any atom is -0.477 e. The standard InChI is InChI=1S/C7H5N3O3S/c1-3-9-10-5(11)4(6(12)13)2-8-7(10)14-3/h2H,1H3,(H,12,13). The molecule has 0 aliphatic carbocycles. The number of nitrogens with zero attached hydrogens (tertiary/aromatic N) is 3. The summed E-state index contributed by atoms with van der Waals surface area (Å²) in [4.78, 5) is 26.3. The van der Waals surface area contributed by atoms with E-state index in [1.165, 1.54) is 11.3 Å². The summed E-state index contributed by atoms with van der Waals surface area (Å²) in [5, 5.41) is 13.2. The van der Waals surface area contributed by atoms with Crippen molar-refractivity contribution in [3.8, 4) is 0 Å². The van der Waals surface area contributed by atoms with Crippen LogP contribution in [0.4, 0.5) is 0 Å². The minimum atomic E-state index is -1.29. The summed E-state index contributed by atoms with van der Waals surface area (Å²) in [6.45, 7) is 1.72. The van der Waals surface area contributed by atoms with Crippen LogP contribution in [-0.4, -0.2) is 25.7 Å². The minimum absolute atomic E-state index is 0.368. The predicted octanol–water partition coefficient (Wildman–Crippen LogP) is 0.158. The Morgan fingerprint density at radius 1 is 1.64 bits per heavy atom. The molecular weight excluding hydrogens is 206 g/mol. The van der Waals surface area contributed by atoms with Crippen LogP contribution in [0.3, 0.4) is 0 Å². The van der Waals surface area contributed by atoms with Crippen molar-refractivity contribution in [1.82, 2.24) is 14.6 Å². The van der Waals surface area contributed by atoms with Gasteiger partial charge >= 0.3 is 5.97 Å². The molecule has 2 heterocycles. The summed E-state index contributed by atoms with van der Waals surface area (Å²) in [7, 11) is 0. The molecule has 0 fully saturated rings. The SMILES string of the molecule is Cc1nn2c(=O)c(C(=O)O)cnc2s1. The molecule has 0 saturated heterocycles. The van der Waals surface area contributed by atoms with Gasteiger partial charge in [-0.05, 0) is 6.92 Å². The van der Waals surface area contributed by atoms with Gasteiger partial charge in [-0.15, -0.1) is 0 Å². The van der Waals surface area contributed by atoms with Crippen molar-refractivity contribution < 1.29 is 9.90 Å². The summed E-state index contributed by atoms with van der Waals surface area (Å²) in [6.07, 6.45) is 1.05. The van der Waals surface area contributed by atoms with Gasteiger partial charge in [0.25, 0.3) is 5.56 Å². The first-order valence-corrected chi connectivity index (χ1v) is 4.50. The molecule has 0 atom stereocenters. The van der Waals surface area contributed by atoms with E-state index in [1.807, 2.05) is 0 Å². The number of aromatic nitrogens is 3. The Kier molecular flexibility index (Phi) is 1.81. The van der Waals surface area contributed by atoms with E-state index >= 15 is 0 Å². The van der Waals surface area contributed by atoms with E-state index in [1.54, 1.807) is 6.92 Å². The van der Waals surface area contributed by atoms with E-state index in [0.717, 1.165) is 10.7 Å². The lowest BCUT2D eigenvalue weighted by Crippen LogP contribution is -2.22. The van der Waals surface area contributed by atoms with Crippen LogP contribution >= 0.6 is 11.3 Å². The van der Waals surface area contributed by atoms with Gasteiger partial charge in [-0.3, -0.25) is 4.79 Å². The highest BCUT2D eigenvalue weighted by Crippen LogP contribution is 2.08. The van der Waals surface area contributed by atoms with Crippen LogP contribution < -0.4 is 5.56 Å². The third-order valence-electron chi connectivity index (χ3n) is 1.62. The zero-order chi connectivity index (χ0) is 10.3. The molecule has 2 aromatic rings. The van der Waals surface area contributed by atoms with Gasteiger partial charge in [-0.2, -0.15) is 9.61 Å². The number of aryl methyl sites for hydroxylation is 1. The van der Waals surface area contributed by atoms with Crippen molar-refractivity contribution >= 4 is 22.3 Å². The van der Waals surface area contributed by atoms with E-state index in [-0.39, 0.29) is 5.56 Å². The van der Waals surface area contributed by atoms with Crippen LogP contribution in [0.1, 0.15) is 15.4 Å². The van der Waals surface area contributed by atoms with E-state index in [9.17, 15) is 9.59 Å². The van der Waals surface area contributed by atoms with Crippen molar-refractivity contribution in [2.24, 2.45) is 0 Å². The Labute approximate surface area is 81.5 Å². The van der Waals surface area contributed by atoms with Gasteiger partial charge in [-0.1, -0.05) is 11.3 Å². The summed E-state index contributed by atoms with van der Waals surface area (Å²) in [5.41, 5.74) is -1.01. The highest BCUT2D eigenvalue weighted by atomic mass is 32.1. The van der Waals surface area contributed by atoms with Crippen LogP contribution in [-0.2, 0) is 0 Å². The molecule has 0 radical (unpaired) electrons. The molecule has 0 amide bonds. The fraction of sp³-hybridized carbons (Fsp3) is 0.143. The molecule has 0 bridgehead atoms. The van der Waals surface area contributed by atoms with Crippen molar-refractivity contribution in [2.75, 3.05) is 0 Å². The lowest BCUT2D eigenvalue weighted by atomic mass is 10.3. The van der Waals surface area contributed by atoms with Crippen LogP contribution in [0, 0.1) is 6.92 Å². The average molecular weight is 211 g/mol. The van der Waals surface area contributed by atoms with Crippen molar-refractivity contribution in [3.63, 3.8) is 0 Å². The molecule has 7 heteroatoms. The predicted molar refractivity (Wildman–Crippen MR) is 48.8 cm³/mol. The average Bonchev–Trinajstić information content (AvgIpc) is 2.46. The van der Waals surface area contributed by atoms with Crippen molar-refractivity contribution in [1.29, 1.82) is 0 Å². The second-order valence-electron chi connectivity index (χ2n) is 2.60. The lowest BCUT2D eigenvalue weighted by Gasteiger charge is -1.92. The van der Waals surface area contributed by atoms with E-state index in [4.69, 9.17) is 5.11 Å². The summed E-state index contributed by atoms with van der Waals surface area (Å²) >= 11 is 1.23. The lowest BCUT2D eigenvalue weighted by molar-refractivity contribution is 0.0694. The smallest absolute Gasteiger partial charge is 0.343 e. The monoisotopic (exact) mass is 211 g/mol. The van der Waals surface area contributed by atoms with Gasteiger partial charge in [0.15, 0.2) is 0 Å². The van der Waals surface area contributed by atoms with Gasteiger partial charge in [0, 0.05) is 0 Å². The molecule has 72 valence electrons. The number of carbonyl (C=O) groups is 1. The van der Waals surface area contributed by atoms with Crippen LogP contribution in [0.5, 0.6) is 0 Å². The highest BCUT2D eigenvalue weighted by Gasteiger charge is 2.13. The zero-order valence-electron chi connectivity index (χ0n) is 7.09. The highest BCUT2D eigenvalue weighted by molar-refractivity contribution is 7.16. The topological polar surface area (TPSA) is 84.6 Å². The third kappa shape index (κ3) is 1.18. The number of aromatic carboxylic acids is 1. The molecule has 0 aliphatic heterocycles. The van der Waals surface area contributed by atoms with Gasteiger partial charge in [0.05, 0.1) is 6.20 Å². The van der Waals surface area contributed by atoms with Gasteiger partial charge < -0.3 is 5.11 Å². The molecule has 2 rings (SSSR count). The van der Waals surface area contributed by atoms with E-state index in [2.05, 4.69) is 10.1 Å². The fourth-order valence-corrected chi connectivity index (χ4v) is 1.73. The first-order valence-electron chi connectivity index (χ1n) is 3.68. The maximum absolute atomic E-state index is 11.5. The number of rotatable bonds is 1. The normalized spacial score (nSPS) is 10.6. The summed E-state index contributed by atoms with van der Waals surface area (Å²) in [5.74, 6) is -1.29. The molecule has 0 unspecified atom stereocenters. The number of fused-ring (bicyclic) bond motifs is 1. The Bertz CT molecular complexity index is 571. The Morgan fingerprint density at radius 2 is 2.36 bits per heavy atom. The summed E-state index contributed by atoms with van der Waals surface area (Å²) in [6, 6.07) is 0. The molecule has 0 aromatic carbocycles. The van der Waals surface area contributed by atoms with Gasteiger partial charge in [-0.25, -0.2) is 9.78 Å². The van der Waals surface area contributed by atoms with E-state index < -0.39 is 11.5 Å². The van der Waals surface area contributed by atoms with Crippen LogP contribution in [0.2, 0.25) is 0 Å². The van der Waals surface area contributed by atoms with E-state index in [0.29, 0.717) is 9.97 Å². The molecule has 0 aliphatic rings. The Morgan fingerprint density at radius 3 is 3.00 bits per heavy atom. The number of carboxylic acid groups (broad SMARTS) is 1. The first kappa shape index (κ1) is 8.82. The molecule has 0 spiro atoms. The Balaban J connectivity index is 2.88. The molecule has 6 nitrogen and oxygen atoms in total. The number of carboxylic acids is 1. The van der Waals surface area contributed by atoms with Crippen molar-refractivity contribution in [2.45, 2.75) is 6.92 Å². The third-order valence-corrected chi connectivity index (χ3v) is 2.46. The first-order chi connectivity index (χ1) is 6.59. The summed E-state index contributed by atoms with van der Waals surface area (Å²) < 4.78 is 1.00. The molecule has 14 heavy (non-hydrogen) atoms. The quantitative estimate of drug-likeness (QED) is 0.726. The maximum atomic E-state index is 11.5.